The van der Waals surface area contributed by atoms with E-state index in [0.29, 0.717) is 24.2 Å². The molecule has 4 heteroatoms. The van der Waals surface area contributed by atoms with Crippen molar-refractivity contribution in [3.05, 3.63) is 35.4 Å². The van der Waals surface area contributed by atoms with Crippen LogP contribution in [0.5, 0.6) is 0 Å². The van der Waals surface area contributed by atoms with Crippen LogP contribution >= 0.6 is 0 Å². The molecule has 1 aromatic carbocycles. The van der Waals surface area contributed by atoms with Gasteiger partial charge in [-0.2, -0.15) is 0 Å². The number of carbonyl (C=O) groups is 1. The molecule has 1 aromatic rings. The largest absolute Gasteiger partial charge is 0.367 e. The second-order valence-electron chi connectivity index (χ2n) is 4.67. The molecule has 0 fully saturated rings. The van der Waals surface area contributed by atoms with E-state index in [2.05, 4.69) is 0 Å². The van der Waals surface area contributed by atoms with Crippen molar-refractivity contribution in [1.82, 2.24) is 9.80 Å². The average molecular weight is 234 g/mol. The Morgan fingerprint density at radius 2 is 2.00 bits per heavy atom. The molecule has 4 nitrogen and oxygen atoms in total. The van der Waals surface area contributed by atoms with Crippen LogP contribution in [0.2, 0.25) is 0 Å². The van der Waals surface area contributed by atoms with Crippen LogP contribution in [-0.4, -0.2) is 41.6 Å². The third-order valence-corrected chi connectivity index (χ3v) is 3.20. The summed E-state index contributed by atoms with van der Waals surface area (Å²) < 4.78 is 0. The van der Waals surface area contributed by atoms with E-state index in [1.165, 1.54) is 4.90 Å². The van der Waals surface area contributed by atoms with Crippen LogP contribution in [0.4, 0.5) is 0 Å². The fraction of sp³-hybridized carbons (Fsp3) is 0.462. The minimum atomic E-state index is -1.17. The minimum Gasteiger partial charge on any atom is -0.367 e. The van der Waals surface area contributed by atoms with Gasteiger partial charge in [-0.15, -0.1) is 0 Å². The van der Waals surface area contributed by atoms with Crippen LogP contribution < -0.4 is 0 Å². The first kappa shape index (κ1) is 12.1. The Morgan fingerprint density at radius 1 is 1.35 bits per heavy atom. The smallest absolute Gasteiger partial charge is 0.257 e. The van der Waals surface area contributed by atoms with Gasteiger partial charge < -0.3 is 5.11 Å². The van der Waals surface area contributed by atoms with E-state index in [0.717, 1.165) is 0 Å². The van der Waals surface area contributed by atoms with Crippen molar-refractivity contribution < 1.29 is 9.90 Å². The molecule has 0 spiro atoms. The lowest BCUT2D eigenvalue weighted by molar-refractivity contribution is -0.100. The van der Waals surface area contributed by atoms with Crippen molar-refractivity contribution in [3.8, 4) is 0 Å². The Bertz CT molecular complexity index is 445. The van der Waals surface area contributed by atoms with Gasteiger partial charge >= 0.3 is 0 Å². The maximum absolute atomic E-state index is 12.2. The zero-order valence-corrected chi connectivity index (χ0v) is 10.5. The predicted octanol–water partition coefficient (Wildman–Crippen LogP) is 1.22. The Morgan fingerprint density at radius 3 is 2.59 bits per heavy atom. The van der Waals surface area contributed by atoms with Crippen molar-refractivity contribution >= 4 is 5.91 Å². The number of hydrogen-bond acceptors (Lipinski definition) is 3. The number of rotatable bonds is 3. The van der Waals surface area contributed by atoms with Gasteiger partial charge in [0.2, 0.25) is 0 Å². The molecule has 0 saturated carbocycles. The van der Waals surface area contributed by atoms with Crippen LogP contribution in [0.15, 0.2) is 24.3 Å². The maximum Gasteiger partial charge on any atom is 0.257 e. The number of hydrogen-bond donors (Lipinski definition) is 1. The van der Waals surface area contributed by atoms with Crippen LogP contribution in [0.3, 0.4) is 0 Å². The lowest BCUT2D eigenvalue weighted by atomic mass is 9.99. The first-order valence-corrected chi connectivity index (χ1v) is 5.79. The van der Waals surface area contributed by atoms with Gasteiger partial charge in [0, 0.05) is 11.1 Å². The summed E-state index contributed by atoms with van der Waals surface area (Å²) in [6, 6.07) is 7.28. The first-order chi connectivity index (χ1) is 8.00. The number of aliphatic hydroxyl groups is 1. The lowest BCUT2D eigenvalue weighted by Crippen LogP contribution is -2.47. The molecule has 1 N–H and O–H groups in total. The summed E-state index contributed by atoms with van der Waals surface area (Å²) in [5, 5.41) is 10.7. The van der Waals surface area contributed by atoms with Gasteiger partial charge in [0.25, 0.3) is 5.91 Å². The van der Waals surface area contributed by atoms with E-state index in [1.807, 2.05) is 44.1 Å². The molecule has 17 heavy (non-hydrogen) atoms. The molecule has 1 heterocycles. The van der Waals surface area contributed by atoms with Gasteiger partial charge in [-0.1, -0.05) is 25.1 Å². The molecule has 1 atom stereocenters. The highest BCUT2D eigenvalue weighted by molar-refractivity contribution is 5.99. The number of carbonyl (C=O) groups excluding carboxylic acids is 1. The minimum absolute atomic E-state index is 0.0985. The number of benzene rings is 1. The fourth-order valence-corrected chi connectivity index (χ4v) is 2.32. The van der Waals surface area contributed by atoms with Gasteiger partial charge in [0.05, 0.1) is 6.67 Å². The van der Waals surface area contributed by atoms with Gasteiger partial charge in [-0.3, -0.25) is 14.6 Å². The fourth-order valence-electron chi connectivity index (χ4n) is 2.32. The summed E-state index contributed by atoms with van der Waals surface area (Å²) in [4.78, 5) is 15.7. The van der Waals surface area contributed by atoms with E-state index in [1.54, 1.807) is 6.07 Å². The quantitative estimate of drug-likeness (QED) is 0.855. The highest BCUT2D eigenvalue weighted by Crippen LogP contribution is 2.39. The Hall–Kier alpha value is -1.39. The summed E-state index contributed by atoms with van der Waals surface area (Å²) in [6.45, 7) is 2.30. The Balaban J connectivity index is 2.48. The topological polar surface area (TPSA) is 43.8 Å². The molecular weight excluding hydrogens is 216 g/mol. The highest BCUT2D eigenvalue weighted by Gasteiger charge is 2.46. The van der Waals surface area contributed by atoms with Gasteiger partial charge in [0.1, 0.15) is 0 Å². The molecule has 0 radical (unpaired) electrons. The second-order valence-corrected chi connectivity index (χ2v) is 4.67. The van der Waals surface area contributed by atoms with E-state index in [4.69, 9.17) is 0 Å². The number of fused-ring (bicyclic) bond motifs is 1. The maximum atomic E-state index is 12.2. The SMILES string of the molecule is CCC1(O)c2ccccc2C(=O)N1CN(C)C. The van der Waals surface area contributed by atoms with E-state index in [-0.39, 0.29) is 5.91 Å². The molecule has 1 aliphatic rings. The van der Waals surface area contributed by atoms with Crippen LogP contribution in [0.25, 0.3) is 0 Å². The summed E-state index contributed by atoms with van der Waals surface area (Å²) in [5.41, 5.74) is 0.158. The standard InChI is InChI=1S/C13H18N2O2/c1-4-13(17)11-8-6-5-7-10(11)12(16)15(13)9-14(2)3/h5-8,17H,4,9H2,1-3H3. The Kier molecular flexibility index (Phi) is 2.93. The summed E-state index contributed by atoms with van der Waals surface area (Å²) >= 11 is 0. The third-order valence-electron chi connectivity index (χ3n) is 3.20. The second kappa shape index (κ2) is 4.13. The van der Waals surface area contributed by atoms with Crippen LogP contribution in [0.1, 0.15) is 29.3 Å². The molecule has 0 aliphatic carbocycles. The average Bonchev–Trinajstić information content (AvgIpc) is 2.53. The molecule has 1 unspecified atom stereocenters. The van der Waals surface area contributed by atoms with Gasteiger partial charge in [-0.05, 0) is 26.6 Å². The number of nitrogens with zero attached hydrogens (tertiary/aromatic N) is 2. The predicted molar refractivity (Wildman–Crippen MR) is 65.4 cm³/mol. The van der Waals surface area contributed by atoms with E-state index < -0.39 is 5.72 Å². The third kappa shape index (κ3) is 1.73. The van der Waals surface area contributed by atoms with Crippen LogP contribution in [-0.2, 0) is 5.72 Å². The molecule has 1 amide bonds. The van der Waals surface area contributed by atoms with Gasteiger partial charge in [0.15, 0.2) is 5.72 Å². The highest BCUT2D eigenvalue weighted by atomic mass is 16.3. The molecule has 1 aliphatic heterocycles. The monoisotopic (exact) mass is 234 g/mol. The van der Waals surface area contributed by atoms with Crippen molar-refractivity contribution in [2.75, 3.05) is 20.8 Å². The molecule has 0 saturated heterocycles. The summed E-state index contributed by atoms with van der Waals surface area (Å²) in [6.07, 6.45) is 0.490. The zero-order chi connectivity index (χ0) is 12.6. The normalized spacial score (nSPS) is 23.4. The van der Waals surface area contributed by atoms with E-state index >= 15 is 0 Å². The molecule has 0 bridgehead atoms. The number of amides is 1. The van der Waals surface area contributed by atoms with Crippen molar-refractivity contribution in [2.45, 2.75) is 19.1 Å². The van der Waals surface area contributed by atoms with Gasteiger partial charge in [-0.25, -0.2) is 0 Å². The molecule has 2 rings (SSSR count). The van der Waals surface area contributed by atoms with E-state index in [9.17, 15) is 9.90 Å². The van der Waals surface area contributed by atoms with Crippen molar-refractivity contribution in [2.24, 2.45) is 0 Å². The Labute approximate surface area is 101 Å². The molecular formula is C13H18N2O2. The molecule has 92 valence electrons. The lowest BCUT2D eigenvalue weighted by Gasteiger charge is -2.35. The van der Waals surface area contributed by atoms with Crippen LogP contribution in [0, 0.1) is 0 Å². The summed E-state index contributed by atoms with van der Waals surface area (Å²) in [5.74, 6) is -0.0985. The molecule has 0 aromatic heterocycles. The first-order valence-electron chi connectivity index (χ1n) is 5.79. The van der Waals surface area contributed by atoms with Crippen molar-refractivity contribution in [3.63, 3.8) is 0 Å². The van der Waals surface area contributed by atoms with Crippen molar-refractivity contribution in [1.29, 1.82) is 0 Å². The summed E-state index contributed by atoms with van der Waals surface area (Å²) in [7, 11) is 3.76. The zero-order valence-electron chi connectivity index (χ0n) is 10.5.